The first-order valence-electron chi connectivity index (χ1n) is 8.77. The highest BCUT2D eigenvalue weighted by Crippen LogP contribution is 2.19. The number of rotatable bonds is 7. The van der Waals surface area contributed by atoms with Crippen molar-refractivity contribution in [1.82, 2.24) is 15.5 Å². The molecule has 0 aliphatic heterocycles. The van der Waals surface area contributed by atoms with Crippen molar-refractivity contribution in [2.45, 2.75) is 47.1 Å². The summed E-state index contributed by atoms with van der Waals surface area (Å²) >= 11 is 1.37. The average Bonchev–Trinajstić information content (AvgIpc) is 2.98. The average molecular weight is 375 g/mol. The van der Waals surface area contributed by atoms with Gasteiger partial charge in [0.2, 0.25) is 11.0 Å². The number of nitrogens with one attached hydrogen (secondary N) is 2. The van der Waals surface area contributed by atoms with Gasteiger partial charge in [-0.05, 0) is 30.4 Å². The summed E-state index contributed by atoms with van der Waals surface area (Å²) in [7, 11) is 0. The second-order valence-electron chi connectivity index (χ2n) is 7.10. The molecule has 1 aromatic carbocycles. The van der Waals surface area contributed by atoms with E-state index in [0.29, 0.717) is 16.6 Å². The minimum Gasteiger partial charge on any atom is -0.340 e. The molecular formula is C19H26N4O2S. The van der Waals surface area contributed by atoms with Crippen LogP contribution in [-0.2, 0) is 11.2 Å². The molecule has 0 bridgehead atoms. The molecule has 0 spiro atoms. The Balaban J connectivity index is 2.06. The Bertz CT molecular complexity index is 770. The lowest BCUT2D eigenvalue weighted by atomic mass is 10.0. The Hall–Kier alpha value is -2.28. The Morgan fingerprint density at radius 2 is 1.81 bits per heavy atom. The van der Waals surface area contributed by atoms with Crippen LogP contribution in [0.15, 0.2) is 24.3 Å². The van der Waals surface area contributed by atoms with Gasteiger partial charge in [0.25, 0.3) is 5.91 Å². The van der Waals surface area contributed by atoms with Gasteiger partial charge in [0.15, 0.2) is 0 Å². The molecular weight excluding hydrogens is 348 g/mol. The molecule has 2 N–H and O–H groups in total. The van der Waals surface area contributed by atoms with Crippen LogP contribution in [0.4, 0.5) is 5.13 Å². The zero-order valence-electron chi connectivity index (χ0n) is 15.9. The third-order valence-electron chi connectivity index (χ3n) is 3.91. The molecule has 140 valence electrons. The smallest absolute Gasteiger partial charge is 0.252 e. The molecule has 2 aromatic rings. The second kappa shape index (κ2) is 8.89. The Labute approximate surface area is 158 Å². The lowest BCUT2D eigenvalue weighted by Gasteiger charge is -2.21. The van der Waals surface area contributed by atoms with Crippen molar-refractivity contribution in [2.75, 3.05) is 5.32 Å². The van der Waals surface area contributed by atoms with E-state index in [4.69, 9.17) is 0 Å². The summed E-state index contributed by atoms with van der Waals surface area (Å²) in [5, 5.41) is 15.1. The molecule has 0 radical (unpaired) electrons. The molecule has 2 rings (SSSR count). The number of amides is 2. The maximum Gasteiger partial charge on any atom is 0.252 e. The maximum atomic E-state index is 12.7. The van der Waals surface area contributed by atoms with E-state index in [1.54, 1.807) is 6.07 Å². The fourth-order valence-corrected chi connectivity index (χ4v) is 3.46. The molecule has 7 heteroatoms. The number of nitrogens with zero attached hydrogens (tertiary/aromatic N) is 2. The van der Waals surface area contributed by atoms with Gasteiger partial charge in [0.1, 0.15) is 11.0 Å². The van der Waals surface area contributed by atoms with Crippen LogP contribution in [-0.4, -0.2) is 28.1 Å². The van der Waals surface area contributed by atoms with Crippen LogP contribution >= 0.6 is 11.3 Å². The zero-order chi connectivity index (χ0) is 19.3. The molecule has 2 amide bonds. The monoisotopic (exact) mass is 374 g/mol. The predicted molar refractivity (Wildman–Crippen MR) is 104 cm³/mol. The molecule has 1 heterocycles. The third kappa shape index (κ3) is 5.36. The highest BCUT2D eigenvalue weighted by molar-refractivity contribution is 7.15. The minimum atomic E-state index is -0.653. The molecule has 26 heavy (non-hydrogen) atoms. The van der Waals surface area contributed by atoms with Gasteiger partial charge in [-0.1, -0.05) is 57.2 Å². The summed E-state index contributed by atoms with van der Waals surface area (Å²) in [5.41, 5.74) is 1.44. The number of benzene rings is 1. The van der Waals surface area contributed by atoms with Crippen LogP contribution in [0.2, 0.25) is 0 Å². The minimum absolute atomic E-state index is 0.0639. The van der Waals surface area contributed by atoms with Gasteiger partial charge in [-0.25, -0.2) is 0 Å². The fourth-order valence-electron chi connectivity index (χ4n) is 2.50. The summed E-state index contributed by atoms with van der Waals surface area (Å²) in [6.45, 7) is 9.88. The predicted octanol–water partition coefficient (Wildman–Crippen LogP) is 3.44. The molecule has 6 nitrogen and oxygen atoms in total. The van der Waals surface area contributed by atoms with Gasteiger partial charge >= 0.3 is 0 Å². The zero-order valence-corrected chi connectivity index (χ0v) is 16.7. The largest absolute Gasteiger partial charge is 0.340 e. The standard InChI is InChI=1S/C19H26N4O2S/c1-11(2)10-15-22-23-19(26-15)21-18(25)16(12(3)4)20-17(24)14-9-7-6-8-13(14)5/h6-9,11-12,16H,10H2,1-5H3,(H,20,24)(H,21,23,25)/t16-/m1/s1. The molecule has 1 atom stereocenters. The van der Waals surface area contributed by atoms with E-state index in [-0.39, 0.29) is 17.7 Å². The van der Waals surface area contributed by atoms with Gasteiger partial charge in [-0.15, -0.1) is 10.2 Å². The van der Waals surface area contributed by atoms with Crippen LogP contribution in [0.25, 0.3) is 0 Å². The number of carbonyl (C=O) groups is 2. The lowest BCUT2D eigenvalue weighted by molar-refractivity contribution is -0.118. The number of anilines is 1. The van der Waals surface area contributed by atoms with E-state index in [9.17, 15) is 9.59 Å². The highest BCUT2D eigenvalue weighted by Gasteiger charge is 2.26. The summed E-state index contributed by atoms with van der Waals surface area (Å²) < 4.78 is 0. The Morgan fingerprint density at radius 1 is 1.12 bits per heavy atom. The van der Waals surface area contributed by atoms with E-state index in [0.717, 1.165) is 17.0 Å². The van der Waals surface area contributed by atoms with Crippen molar-refractivity contribution in [3.8, 4) is 0 Å². The summed E-state index contributed by atoms with van der Waals surface area (Å²) in [5.74, 6) is -0.127. The van der Waals surface area contributed by atoms with Gasteiger partial charge < -0.3 is 5.32 Å². The van der Waals surface area contributed by atoms with E-state index in [1.807, 2.05) is 39.0 Å². The Morgan fingerprint density at radius 3 is 2.42 bits per heavy atom. The third-order valence-corrected chi connectivity index (χ3v) is 4.77. The fraction of sp³-hybridized carbons (Fsp3) is 0.474. The van der Waals surface area contributed by atoms with Crippen molar-refractivity contribution in [3.05, 3.63) is 40.4 Å². The van der Waals surface area contributed by atoms with Crippen molar-refractivity contribution >= 4 is 28.3 Å². The highest BCUT2D eigenvalue weighted by atomic mass is 32.1. The van der Waals surface area contributed by atoms with Crippen LogP contribution in [0, 0.1) is 18.8 Å². The summed E-state index contributed by atoms with van der Waals surface area (Å²) in [4.78, 5) is 25.2. The molecule has 0 fully saturated rings. The van der Waals surface area contributed by atoms with E-state index in [1.165, 1.54) is 11.3 Å². The summed E-state index contributed by atoms with van der Waals surface area (Å²) in [6, 6.07) is 6.66. The normalized spacial score (nSPS) is 12.3. The number of aryl methyl sites for hydroxylation is 1. The number of aromatic nitrogens is 2. The topological polar surface area (TPSA) is 84.0 Å². The van der Waals surface area contributed by atoms with Crippen LogP contribution < -0.4 is 10.6 Å². The lowest BCUT2D eigenvalue weighted by Crippen LogP contribution is -2.47. The molecule has 0 aliphatic rings. The van der Waals surface area contributed by atoms with E-state index >= 15 is 0 Å². The number of hydrogen-bond acceptors (Lipinski definition) is 5. The summed E-state index contributed by atoms with van der Waals surface area (Å²) in [6.07, 6.45) is 0.825. The van der Waals surface area contributed by atoms with Crippen molar-refractivity contribution < 1.29 is 9.59 Å². The molecule has 1 aromatic heterocycles. The van der Waals surface area contributed by atoms with Crippen molar-refractivity contribution in [2.24, 2.45) is 11.8 Å². The van der Waals surface area contributed by atoms with Crippen molar-refractivity contribution in [1.29, 1.82) is 0 Å². The first-order valence-corrected chi connectivity index (χ1v) is 9.59. The van der Waals surface area contributed by atoms with E-state index in [2.05, 4.69) is 34.7 Å². The van der Waals surface area contributed by atoms with Crippen molar-refractivity contribution in [3.63, 3.8) is 0 Å². The van der Waals surface area contributed by atoms with E-state index < -0.39 is 6.04 Å². The second-order valence-corrected chi connectivity index (χ2v) is 8.16. The van der Waals surface area contributed by atoms with Gasteiger partial charge in [-0.2, -0.15) is 0 Å². The van der Waals surface area contributed by atoms with Gasteiger partial charge in [0, 0.05) is 12.0 Å². The Kier molecular flexibility index (Phi) is 6.85. The van der Waals surface area contributed by atoms with Gasteiger partial charge in [-0.3, -0.25) is 14.9 Å². The SMILES string of the molecule is Cc1ccccc1C(=O)N[C@@H](C(=O)Nc1nnc(CC(C)C)s1)C(C)C. The molecule has 0 aliphatic carbocycles. The first-order chi connectivity index (χ1) is 12.3. The van der Waals surface area contributed by atoms with Crippen LogP contribution in [0.5, 0.6) is 0 Å². The van der Waals surface area contributed by atoms with Crippen LogP contribution in [0.3, 0.4) is 0 Å². The molecule has 0 saturated heterocycles. The maximum absolute atomic E-state index is 12.7. The first kappa shape index (κ1) is 20.0. The molecule has 0 saturated carbocycles. The quantitative estimate of drug-likeness (QED) is 0.777. The van der Waals surface area contributed by atoms with Crippen LogP contribution in [0.1, 0.15) is 48.6 Å². The number of carbonyl (C=O) groups excluding carboxylic acids is 2. The van der Waals surface area contributed by atoms with Gasteiger partial charge in [0.05, 0.1) is 0 Å². The molecule has 0 unspecified atom stereocenters. The number of hydrogen-bond donors (Lipinski definition) is 2.